The summed E-state index contributed by atoms with van der Waals surface area (Å²) >= 11 is 0. The largest absolute Gasteiger partial charge is 0.491 e. The molecule has 1 unspecified atom stereocenters. The summed E-state index contributed by atoms with van der Waals surface area (Å²) in [6, 6.07) is 19.9. The number of hydrogen-bond donors (Lipinski definition) is 0. The van der Waals surface area contributed by atoms with Crippen molar-refractivity contribution in [1.29, 1.82) is 0 Å². The zero-order valence-electron chi connectivity index (χ0n) is 18.3. The van der Waals surface area contributed by atoms with Gasteiger partial charge in [0, 0.05) is 11.8 Å². The first-order valence-corrected chi connectivity index (χ1v) is 10.5. The molecule has 0 radical (unpaired) electrons. The molecule has 0 aliphatic rings. The van der Waals surface area contributed by atoms with E-state index in [1.165, 1.54) is 12.1 Å². The van der Waals surface area contributed by atoms with E-state index in [1.807, 2.05) is 75.4 Å². The van der Waals surface area contributed by atoms with E-state index < -0.39 is 5.41 Å². The van der Waals surface area contributed by atoms with Gasteiger partial charge in [0.05, 0.1) is 11.5 Å². The molecule has 0 spiro atoms. The fourth-order valence-corrected chi connectivity index (χ4v) is 3.41. The lowest BCUT2D eigenvalue weighted by Crippen LogP contribution is -2.20. The normalized spacial score (nSPS) is 12.8. The Morgan fingerprint density at radius 1 is 1.03 bits per heavy atom. The third-order valence-electron chi connectivity index (χ3n) is 5.08. The van der Waals surface area contributed by atoms with Crippen LogP contribution in [0.5, 0.6) is 17.4 Å². The van der Waals surface area contributed by atoms with Crippen LogP contribution in [0.1, 0.15) is 44.9 Å². The lowest BCUT2D eigenvalue weighted by Gasteiger charge is -2.24. The van der Waals surface area contributed by atoms with Gasteiger partial charge in [-0.2, -0.15) is 0 Å². The first-order chi connectivity index (χ1) is 14.9. The number of ether oxygens (including phenoxy) is 2. The molecule has 3 rings (SSSR count). The highest BCUT2D eigenvalue weighted by Crippen LogP contribution is 2.31. The maximum absolute atomic E-state index is 14.1. The van der Waals surface area contributed by atoms with Crippen molar-refractivity contribution in [3.63, 3.8) is 0 Å². The van der Waals surface area contributed by atoms with Gasteiger partial charge in [-0.15, -0.1) is 6.42 Å². The van der Waals surface area contributed by atoms with Gasteiger partial charge in [0.2, 0.25) is 5.88 Å². The number of hydrogen-bond acceptors (Lipinski definition) is 3. The van der Waals surface area contributed by atoms with E-state index in [0.717, 1.165) is 24.2 Å². The summed E-state index contributed by atoms with van der Waals surface area (Å²) in [5.41, 5.74) is 1.28. The van der Waals surface area contributed by atoms with Crippen molar-refractivity contribution in [3.8, 4) is 29.7 Å². The summed E-state index contributed by atoms with van der Waals surface area (Å²) < 4.78 is 25.5. The number of nitrogens with zero attached hydrogens (tertiary/aromatic N) is 1. The molecule has 0 aliphatic carbocycles. The highest BCUT2D eigenvalue weighted by molar-refractivity contribution is 5.37. The van der Waals surface area contributed by atoms with Crippen molar-refractivity contribution in [2.45, 2.75) is 51.6 Å². The lowest BCUT2D eigenvalue weighted by molar-refractivity contribution is 0.242. The second-order valence-corrected chi connectivity index (χ2v) is 8.05. The van der Waals surface area contributed by atoms with Crippen LogP contribution in [-0.2, 0) is 11.8 Å². The predicted molar refractivity (Wildman–Crippen MR) is 122 cm³/mol. The molecule has 0 N–H and O–H groups in total. The Morgan fingerprint density at radius 3 is 2.39 bits per heavy atom. The van der Waals surface area contributed by atoms with E-state index >= 15 is 0 Å². The number of aryl methyl sites for hydroxylation is 1. The Balaban J connectivity index is 1.64. The molecule has 0 fully saturated rings. The van der Waals surface area contributed by atoms with Crippen LogP contribution in [0.4, 0.5) is 4.39 Å². The standard InChI is InChI=1S/C27H28FNO2/c1-5-27(4,21-13-15-25(16-14-21)30-20(2)3)17-9-10-23-18-22(28)19-26(29-23)31-24-11-7-6-8-12-24/h1,6-8,11-16,18-20H,9-10,17H2,2-4H3. The SMILES string of the molecule is C#CC(C)(CCCc1cc(F)cc(Oc2ccccc2)n1)c1ccc(OC(C)C)cc1. The summed E-state index contributed by atoms with van der Waals surface area (Å²) in [5.74, 6) is 4.27. The molecule has 1 heterocycles. The molecule has 160 valence electrons. The Kier molecular flexibility index (Phi) is 7.31. The van der Waals surface area contributed by atoms with Crippen molar-refractivity contribution in [3.05, 3.63) is 83.8 Å². The Bertz CT molecular complexity index is 1030. The van der Waals surface area contributed by atoms with Gasteiger partial charge in [0.1, 0.15) is 17.3 Å². The number of aromatic nitrogens is 1. The minimum absolute atomic E-state index is 0.124. The summed E-state index contributed by atoms with van der Waals surface area (Å²) in [5, 5.41) is 0. The Labute approximate surface area is 184 Å². The van der Waals surface area contributed by atoms with Crippen LogP contribution in [0.25, 0.3) is 0 Å². The Hall–Kier alpha value is -3.32. The molecule has 0 saturated heterocycles. The van der Waals surface area contributed by atoms with Crippen molar-refractivity contribution >= 4 is 0 Å². The van der Waals surface area contributed by atoms with Crippen LogP contribution in [0.15, 0.2) is 66.7 Å². The molecular weight excluding hydrogens is 389 g/mol. The van der Waals surface area contributed by atoms with Crippen molar-refractivity contribution in [2.24, 2.45) is 0 Å². The topological polar surface area (TPSA) is 31.4 Å². The maximum Gasteiger partial charge on any atom is 0.222 e. The zero-order valence-corrected chi connectivity index (χ0v) is 18.3. The van der Waals surface area contributed by atoms with Crippen LogP contribution in [-0.4, -0.2) is 11.1 Å². The molecule has 31 heavy (non-hydrogen) atoms. The third-order valence-corrected chi connectivity index (χ3v) is 5.08. The third kappa shape index (κ3) is 6.33. The van der Waals surface area contributed by atoms with E-state index in [9.17, 15) is 4.39 Å². The van der Waals surface area contributed by atoms with Crippen LogP contribution in [0.3, 0.4) is 0 Å². The number of pyridine rings is 1. The second kappa shape index (κ2) is 10.1. The van der Waals surface area contributed by atoms with Crippen LogP contribution in [0, 0.1) is 18.2 Å². The molecule has 0 amide bonds. The van der Waals surface area contributed by atoms with Crippen molar-refractivity contribution in [2.75, 3.05) is 0 Å². The predicted octanol–water partition coefficient (Wildman–Crippen LogP) is 6.71. The number of rotatable bonds is 9. The van der Waals surface area contributed by atoms with Crippen molar-refractivity contribution < 1.29 is 13.9 Å². The van der Waals surface area contributed by atoms with Crippen LogP contribution < -0.4 is 9.47 Å². The average Bonchev–Trinajstić information content (AvgIpc) is 2.74. The van der Waals surface area contributed by atoms with Gasteiger partial charge in [0.15, 0.2) is 0 Å². The molecular formula is C27H28FNO2. The van der Waals surface area contributed by atoms with E-state index in [0.29, 0.717) is 17.9 Å². The molecule has 3 aromatic rings. The fourth-order valence-electron chi connectivity index (χ4n) is 3.41. The van der Waals surface area contributed by atoms with Crippen LogP contribution >= 0.6 is 0 Å². The highest BCUT2D eigenvalue weighted by Gasteiger charge is 2.24. The summed E-state index contributed by atoms with van der Waals surface area (Å²) in [4.78, 5) is 4.46. The monoisotopic (exact) mass is 417 g/mol. The lowest BCUT2D eigenvalue weighted by atomic mass is 9.79. The molecule has 0 aliphatic heterocycles. The first kappa shape index (κ1) is 22.4. The van der Waals surface area contributed by atoms with E-state index in [2.05, 4.69) is 10.9 Å². The van der Waals surface area contributed by atoms with Gasteiger partial charge >= 0.3 is 0 Å². The molecule has 1 atom stereocenters. The van der Waals surface area contributed by atoms with Gasteiger partial charge in [0.25, 0.3) is 0 Å². The minimum Gasteiger partial charge on any atom is -0.491 e. The summed E-state index contributed by atoms with van der Waals surface area (Å²) in [6.07, 6.45) is 8.15. The molecule has 4 heteroatoms. The number of benzene rings is 2. The molecule has 2 aromatic carbocycles. The van der Waals surface area contributed by atoms with Gasteiger partial charge in [-0.1, -0.05) is 36.3 Å². The van der Waals surface area contributed by atoms with Crippen LogP contribution in [0.2, 0.25) is 0 Å². The van der Waals surface area contributed by atoms with E-state index in [4.69, 9.17) is 15.9 Å². The smallest absolute Gasteiger partial charge is 0.222 e. The molecule has 0 saturated carbocycles. The fraction of sp³-hybridized carbons (Fsp3) is 0.296. The van der Waals surface area contributed by atoms with E-state index in [-0.39, 0.29) is 17.8 Å². The number of terminal acetylenes is 1. The van der Waals surface area contributed by atoms with Gasteiger partial charge in [-0.05, 0) is 75.9 Å². The second-order valence-electron chi connectivity index (χ2n) is 8.05. The summed E-state index contributed by atoms with van der Waals surface area (Å²) in [6.45, 7) is 6.04. The van der Waals surface area contributed by atoms with E-state index in [1.54, 1.807) is 0 Å². The van der Waals surface area contributed by atoms with Gasteiger partial charge in [-0.3, -0.25) is 0 Å². The average molecular weight is 418 g/mol. The minimum atomic E-state index is -0.424. The first-order valence-electron chi connectivity index (χ1n) is 10.5. The summed E-state index contributed by atoms with van der Waals surface area (Å²) in [7, 11) is 0. The number of halogens is 1. The number of para-hydroxylation sites is 1. The molecule has 0 bridgehead atoms. The molecule has 3 nitrogen and oxygen atoms in total. The molecule has 1 aromatic heterocycles. The highest BCUT2D eigenvalue weighted by atomic mass is 19.1. The van der Waals surface area contributed by atoms with Crippen molar-refractivity contribution in [1.82, 2.24) is 4.98 Å². The Morgan fingerprint density at radius 2 is 1.74 bits per heavy atom. The zero-order chi connectivity index (χ0) is 22.3. The van der Waals surface area contributed by atoms with Gasteiger partial charge < -0.3 is 9.47 Å². The van der Waals surface area contributed by atoms with Gasteiger partial charge in [-0.25, -0.2) is 9.37 Å². The quantitative estimate of drug-likeness (QED) is 0.362. The maximum atomic E-state index is 14.1.